The van der Waals surface area contributed by atoms with Gasteiger partial charge in [-0.3, -0.25) is 19.7 Å². The van der Waals surface area contributed by atoms with Crippen LogP contribution in [0, 0.1) is 10.1 Å². The minimum atomic E-state index is -0.665. The highest BCUT2D eigenvalue weighted by molar-refractivity contribution is 5.97. The fourth-order valence-electron chi connectivity index (χ4n) is 2.45. The molecule has 0 fully saturated rings. The molecule has 0 aliphatic heterocycles. The van der Waals surface area contributed by atoms with E-state index in [9.17, 15) is 24.8 Å². The minimum Gasteiger partial charge on any atom is -0.507 e. The summed E-state index contributed by atoms with van der Waals surface area (Å²) in [6, 6.07) is 6.22. The van der Waals surface area contributed by atoms with Crippen molar-refractivity contribution < 1.29 is 33.8 Å². The second-order valence-corrected chi connectivity index (χ2v) is 5.89. The molecule has 0 aliphatic rings. The molecule has 0 saturated heterocycles. The summed E-state index contributed by atoms with van der Waals surface area (Å²) >= 11 is 0. The fraction of sp³-hybridized carbons (Fsp3) is 0.211. The molecule has 0 aromatic heterocycles. The van der Waals surface area contributed by atoms with Crippen LogP contribution in [0.4, 0.5) is 5.69 Å². The van der Waals surface area contributed by atoms with Gasteiger partial charge in [0.25, 0.3) is 17.5 Å². The topological polar surface area (TPSA) is 162 Å². The lowest BCUT2D eigenvalue weighted by atomic mass is 10.1. The first-order valence-electron chi connectivity index (χ1n) is 8.68. The smallest absolute Gasteiger partial charge is 0.270 e. The van der Waals surface area contributed by atoms with Crippen molar-refractivity contribution in [2.24, 2.45) is 5.10 Å². The van der Waals surface area contributed by atoms with Gasteiger partial charge < -0.3 is 24.6 Å². The van der Waals surface area contributed by atoms with Crippen molar-refractivity contribution in [1.29, 1.82) is 0 Å². The first-order valence-corrected chi connectivity index (χ1v) is 8.68. The number of aromatic hydroxyl groups is 1. The molecule has 164 valence electrons. The average Bonchev–Trinajstić information content (AvgIpc) is 2.77. The van der Waals surface area contributed by atoms with Crippen LogP contribution in [0.15, 0.2) is 35.4 Å². The van der Waals surface area contributed by atoms with Gasteiger partial charge in [0.15, 0.2) is 11.5 Å². The molecule has 0 unspecified atom stereocenters. The second-order valence-electron chi connectivity index (χ2n) is 5.89. The van der Waals surface area contributed by atoms with Crippen LogP contribution in [0.3, 0.4) is 0 Å². The number of nitro benzene ring substituents is 1. The average molecular weight is 432 g/mol. The van der Waals surface area contributed by atoms with E-state index in [1.807, 2.05) is 0 Å². The van der Waals surface area contributed by atoms with Gasteiger partial charge >= 0.3 is 0 Å². The summed E-state index contributed by atoms with van der Waals surface area (Å²) in [6.07, 6.45) is 1.04. The molecule has 31 heavy (non-hydrogen) atoms. The number of carbonyl (C=O) groups is 2. The molecule has 2 aromatic rings. The SMILES string of the molecule is COc1cc(C(=O)NCC(=O)N/N=C\c2cc([N+](=O)[O-])ccc2O)cc(OC)c1OC. The van der Waals surface area contributed by atoms with Gasteiger partial charge in [0.05, 0.1) is 39.0 Å². The lowest BCUT2D eigenvalue weighted by Crippen LogP contribution is -2.34. The molecule has 3 N–H and O–H groups in total. The van der Waals surface area contributed by atoms with E-state index in [2.05, 4.69) is 15.8 Å². The van der Waals surface area contributed by atoms with Crippen molar-refractivity contribution in [1.82, 2.24) is 10.7 Å². The first kappa shape index (κ1) is 22.9. The number of amides is 2. The van der Waals surface area contributed by atoms with E-state index in [0.29, 0.717) is 5.75 Å². The highest BCUT2D eigenvalue weighted by Gasteiger charge is 2.17. The molecule has 0 atom stereocenters. The molecule has 2 aromatic carbocycles. The Morgan fingerprint density at radius 3 is 2.32 bits per heavy atom. The zero-order chi connectivity index (χ0) is 23.0. The highest BCUT2D eigenvalue weighted by Crippen LogP contribution is 2.38. The number of nitrogens with zero attached hydrogens (tertiary/aromatic N) is 2. The molecule has 2 rings (SSSR count). The number of phenolic OH excluding ortho intramolecular Hbond substituents is 1. The van der Waals surface area contributed by atoms with Crippen molar-refractivity contribution in [3.8, 4) is 23.0 Å². The number of hydrogen-bond acceptors (Lipinski definition) is 9. The predicted octanol–water partition coefficient (Wildman–Crippen LogP) is 1.21. The summed E-state index contributed by atoms with van der Waals surface area (Å²) in [6.45, 7) is -0.409. The maximum atomic E-state index is 12.3. The van der Waals surface area contributed by atoms with Gasteiger partial charge in [-0.2, -0.15) is 5.10 Å². The number of nitrogens with one attached hydrogen (secondary N) is 2. The number of ether oxygens (including phenoxy) is 3. The van der Waals surface area contributed by atoms with Crippen molar-refractivity contribution in [3.63, 3.8) is 0 Å². The Bertz CT molecular complexity index is 997. The summed E-state index contributed by atoms with van der Waals surface area (Å²) < 4.78 is 15.5. The zero-order valence-electron chi connectivity index (χ0n) is 16.9. The molecule has 0 saturated carbocycles. The number of non-ortho nitro benzene ring substituents is 1. The van der Waals surface area contributed by atoms with Crippen LogP contribution in [0.25, 0.3) is 0 Å². The zero-order valence-corrected chi connectivity index (χ0v) is 16.9. The molecule has 0 bridgehead atoms. The lowest BCUT2D eigenvalue weighted by Gasteiger charge is -2.14. The summed E-state index contributed by atoms with van der Waals surface area (Å²) in [5.41, 5.74) is 2.11. The van der Waals surface area contributed by atoms with Crippen molar-refractivity contribution in [3.05, 3.63) is 51.6 Å². The Morgan fingerprint density at radius 2 is 1.77 bits per heavy atom. The van der Waals surface area contributed by atoms with Crippen molar-refractivity contribution in [2.45, 2.75) is 0 Å². The summed E-state index contributed by atoms with van der Waals surface area (Å²) in [4.78, 5) is 34.4. The normalized spacial score (nSPS) is 10.4. The van der Waals surface area contributed by atoms with E-state index in [1.165, 1.54) is 33.5 Å². The van der Waals surface area contributed by atoms with Crippen molar-refractivity contribution in [2.75, 3.05) is 27.9 Å². The molecular weight excluding hydrogens is 412 g/mol. The van der Waals surface area contributed by atoms with Crippen LogP contribution in [-0.4, -0.2) is 55.9 Å². The predicted molar refractivity (Wildman–Crippen MR) is 109 cm³/mol. The quantitative estimate of drug-likeness (QED) is 0.302. The molecular formula is C19H20N4O8. The Kier molecular flexibility index (Phi) is 7.72. The first-order chi connectivity index (χ1) is 14.8. The third-order valence-electron chi connectivity index (χ3n) is 3.95. The van der Waals surface area contributed by atoms with E-state index >= 15 is 0 Å². The van der Waals surface area contributed by atoms with Gasteiger partial charge in [0.1, 0.15) is 5.75 Å². The Hall–Kier alpha value is -4.35. The van der Waals surface area contributed by atoms with Gasteiger partial charge in [0.2, 0.25) is 5.75 Å². The number of hydrazone groups is 1. The molecule has 0 aliphatic carbocycles. The third-order valence-corrected chi connectivity index (χ3v) is 3.95. The third kappa shape index (κ3) is 5.82. The van der Waals surface area contributed by atoms with Gasteiger partial charge in [-0.15, -0.1) is 0 Å². The van der Waals surface area contributed by atoms with E-state index in [0.717, 1.165) is 24.4 Å². The number of benzene rings is 2. The van der Waals surface area contributed by atoms with Crippen LogP contribution in [-0.2, 0) is 4.79 Å². The van der Waals surface area contributed by atoms with Gasteiger partial charge in [-0.1, -0.05) is 0 Å². The maximum Gasteiger partial charge on any atom is 0.270 e. The van der Waals surface area contributed by atoms with E-state index < -0.39 is 23.3 Å². The van der Waals surface area contributed by atoms with E-state index in [1.54, 1.807) is 0 Å². The number of hydrogen-bond donors (Lipinski definition) is 3. The van der Waals surface area contributed by atoms with Crippen LogP contribution < -0.4 is 25.0 Å². The Labute approximate surface area is 176 Å². The molecule has 0 spiro atoms. The number of methoxy groups -OCH3 is 3. The van der Waals surface area contributed by atoms with Crippen LogP contribution >= 0.6 is 0 Å². The van der Waals surface area contributed by atoms with Gasteiger partial charge in [-0.05, 0) is 18.2 Å². The lowest BCUT2D eigenvalue weighted by molar-refractivity contribution is -0.384. The highest BCUT2D eigenvalue weighted by atomic mass is 16.6. The summed E-state index contributed by atoms with van der Waals surface area (Å²) in [7, 11) is 4.24. The maximum absolute atomic E-state index is 12.3. The van der Waals surface area contributed by atoms with E-state index in [-0.39, 0.29) is 34.1 Å². The monoisotopic (exact) mass is 432 g/mol. The molecule has 2 amide bonds. The Morgan fingerprint density at radius 1 is 1.13 bits per heavy atom. The van der Waals surface area contributed by atoms with Gasteiger partial charge in [0, 0.05) is 23.3 Å². The summed E-state index contributed by atoms with van der Waals surface area (Å²) in [5.74, 6) is -0.621. The van der Waals surface area contributed by atoms with Crippen LogP contribution in [0.1, 0.15) is 15.9 Å². The van der Waals surface area contributed by atoms with Gasteiger partial charge in [-0.25, -0.2) is 5.43 Å². The van der Waals surface area contributed by atoms with Crippen LogP contribution in [0.2, 0.25) is 0 Å². The van der Waals surface area contributed by atoms with Crippen LogP contribution in [0.5, 0.6) is 23.0 Å². The molecule has 12 heteroatoms. The summed E-state index contributed by atoms with van der Waals surface area (Å²) in [5, 5.41) is 26.5. The Balaban J connectivity index is 1.99. The van der Waals surface area contributed by atoms with Crippen molar-refractivity contribution >= 4 is 23.7 Å². The number of nitro groups is 1. The molecule has 0 radical (unpaired) electrons. The number of rotatable bonds is 9. The fourth-order valence-corrected chi connectivity index (χ4v) is 2.45. The minimum absolute atomic E-state index is 0.0379. The number of carbonyl (C=O) groups excluding carboxylic acids is 2. The second kappa shape index (κ2) is 10.4. The molecule has 0 heterocycles. The van der Waals surface area contributed by atoms with E-state index in [4.69, 9.17) is 14.2 Å². The largest absolute Gasteiger partial charge is 0.507 e. The number of phenols is 1. The standard InChI is InChI=1S/C19H20N4O8/c1-29-15-7-11(8-16(30-2)18(15)31-3)19(26)20-10-17(25)22-21-9-12-6-13(23(27)28)4-5-14(12)24/h4-9,24H,10H2,1-3H3,(H,20,26)(H,22,25)/b21-9-. The molecule has 12 nitrogen and oxygen atoms in total.